The van der Waals surface area contributed by atoms with Crippen molar-refractivity contribution in [3.8, 4) is 0 Å². The molecule has 2 aromatic rings. The van der Waals surface area contributed by atoms with E-state index in [0.29, 0.717) is 22.3 Å². The van der Waals surface area contributed by atoms with E-state index in [-0.39, 0.29) is 24.8 Å². The van der Waals surface area contributed by atoms with Crippen LogP contribution in [0.4, 0.5) is 5.69 Å². The number of aryl methyl sites for hydroxylation is 1. The van der Waals surface area contributed by atoms with Crippen LogP contribution in [0.2, 0.25) is 10.0 Å². The predicted octanol–water partition coefficient (Wildman–Crippen LogP) is 4.36. The lowest BCUT2D eigenvalue weighted by Crippen LogP contribution is -2.34. The Morgan fingerprint density at radius 2 is 1.84 bits per heavy atom. The highest BCUT2D eigenvalue weighted by Gasteiger charge is 2.16. The summed E-state index contributed by atoms with van der Waals surface area (Å²) in [5.41, 5.74) is 2.74. The zero-order valence-electron chi connectivity index (χ0n) is 14.2. The van der Waals surface area contributed by atoms with Crippen molar-refractivity contribution in [2.45, 2.75) is 26.8 Å². The number of carbonyl (C=O) groups is 2. The molecule has 4 nitrogen and oxygen atoms in total. The summed E-state index contributed by atoms with van der Waals surface area (Å²) in [6, 6.07) is 12.8. The van der Waals surface area contributed by atoms with Crippen LogP contribution in [0, 0.1) is 6.92 Å². The summed E-state index contributed by atoms with van der Waals surface area (Å²) >= 11 is 12.1. The molecular weight excluding hydrogens is 359 g/mol. The Bertz CT molecular complexity index is 778. The van der Waals surface area contributed by atoms with Gasteiger partial charge >= 0.3 is 0 Å². The van der Waals surface area contributed by atoms with Gasteiger partial charge in [0.2, 0.25) is 11.8 Å². The van der Waals surface area contributed by atoms with Gasteiger partial charge in [-0.3, -0.25) is 9.59 Å². The lowest BCUT2D eigenvalue weighted by Gasteiger charge is -2.22. The van der Waals surface area contributed by atoms with Crippen LogP contribution in [0.15, 0.2) is 42.5 Å². The molecule has 2 amide bonds. The van der Waals surface area contributed by atoms with Crippen molar-refractivity contribution >= 4 is 40.7 Å². The highest BCUT2D eigenvalue weighted by molar-refractivity contribution is 6.36. The molecule has 0 saturated heterocycles. The molecule has 25 heavy (non-hydrogen) atoms. The minimum absolute atomic E-state index is 0.125. The van der Waals surface area contributed by atoms with E-state index in [1.807, 2.05) is 31.2 Å². The van der Waals surface area contributed by atoms with Crippen molar-refractivity contribution in [1.82, 2.24) is 5.32 Å². The minimum atomic E-state index is -0.184. The second kappa shape index (κ2) is 8.88. The summed E-state index contributed by atoms with van der Waals surface area (Å²) in [5, 5.41) is 3.75. The van der Waals surface area contributed by atoms with E-state index in [4.69, 9.17) is 23.2 Å². The van der Waals surface area contributed by atoms with Crippen molar-refractivity contribution in [2.75, 3.05) is 11.4 Å². The Kier molecular flexibility index (Phi) is 6.85. The zero-order chi connectivity index (χ0) is 18.4. The molecule has 0 saturated carbocycles. The summed E-state index contributed by atoms with van der Waals surface area (Å²) in [7, 11) is 0. The smallest absolute Gasteiger partial charge is 0.223 e. The molecule has 0 bridgehead atoms. The molecule has 0 aliphatic rings. The molecule has 6 heteroatoms. The average molecular weight is 379 g/mol. The average Bonchev–Trinajstić information content (AvgIpc) is 2.55. The number of hydrogen-bond acceptors (Lipinski definition) is 2. The lowest BCUT2D eigenvalue weighted by atomic mass is 10.1. The van der Waals surface area contributed by atoms with E-state index in [1.54, 1.807) is 18.2 Å². The van der Waals surface area contributed by atoms with Crippen molar-refractivity contribution < 1.29 is 9.59 Å². The molecule has 0 aliphatic heterocycles. The van der Waals surface area contributed by atoms with Crippen LogP contribution >= 0.6 is 23.2 Å². The van der Waals surface area contributed by atoms with Crippen LogP contribution in [0.5, 0.6) is 0 Å². The number of anilines is 1. The summed E-state index contributed by atoms with van der Waals surface area (Å²) < 4.78 is 0. The fraction of sp³-hybridized carbons (Fsp3) is 0.263. The van der Waals surface area contributed by atoms with Gasteiger partial charge in [-0.1, -0.05) is 47.5 Å². The van der Waals surface area contributed by atoms with E-state index in [0.717, 1.165) is 11.1 Å². The van der Waals surface area contributed by atoms with Crippen molar-refractivity contribution in [2.24, 2.45) is 0 Å². The normalized spacial score (nSPS) is 10.4. The number of nitrogens with zero attached hydrogens (tertiary/aromatic N) is 1. The van der Waals surface area contributed by atoms with Crippen LogP contribution in [0.3, 0.4) is 0 Å². The number of hydrogen-bond donors (Lipinski definition) is 1. The number of halogens is 2. The van der Waals surface area contributed by atoms with Crippen LogP contribution in [-0.4, -0.2) is 18.4 Å². The summed E-state index contributed by atoms with van der Waals surface area (Å²) in [6.45, 7) is 4.15. The highest BCUT2D eigenvalue weighted by atomic mass is 35.5. The minimum Gasteiger partial charge on any atom is -0.352 e. The second-order valence-electron chi connectivity index (χ2n) is 5.72. The van der Waals surface area contributed by atoms with Crippen LogP contribution in [0.25, 0.3) is 0 Å². The van der Waals surface area contributed by atoms with Crippen molar-refractivity contribution in [1.29, 1.82) is 0 Å². The molecule has 0 atom stereocenters. The molecule has 0 heterocycles. The maximum Gasteiger partial charge on any atom is 0.223 e. The first kappa shape index (κ1) is 19.3. The maximum atomic E-state index is 12.1. The molecule has 1 N–H and O–H groups in total. The second-order valence-corrected chi connectivity index (χ2v) is 6.56. The van der Waals surface area contributed by atoms with Gasteiger partial charge in [-0.25, -0.2) is 0 Å². The monoisotopic (exact) mass is 378 g/mol. The van der Waals surface area contributed by atoms with Gasteiger partial charge in [0, 0.05) is 31.5 Å². The first-order chi connectivity index (χ1) is 11.9. The Balaban J connectivity index is 1.95. The quantitative estimate of drug-likeness (QED) is 0.811. The Labute approximate surface area is 157 Å². The molecule has 2 aromatic carbocycles. The third-order valence-electron chi connectivity index (χ3n) is 3.88. The Morgan fingerprint density at radius 1 is 1.12 bits per heavy atom. The maximum absolute atomic E-state index is 12.1. The first-order valence-corrected chi connectivity index (χ1v) is 8.68. The number of nitrogens with one attached hydrogen (secondary N) is 1. The van der Waals surface area contributed by atoms with E-state index in [1.165, 1.54) is 11.8 Å². The molecule has 132 valence electrons. The van der Waals surface area contributed by atoms with Gasteiger partial charge in [0.15, 0.2) is 0 Å². The molecule has 0 aliphatic carbocycles. The van der Waals surface area contributed by atoms with E-state index < -0.39 is 0 Å². The molecule has 0 fully saturated rings. The lowest BCUT2D eigenvalue weighted by molar-refractivity contribution is -0.121. The number of carbonyl (C=O) groups excluding carboxylic acids is 2. The zero-order valence-corrected chi connectivity index (χ0v) is 15.7. The van der Waals surface area contributed by atoms with E-state index in [9.17, 15) is 9.59 Å². The topological polar surface area (TPSA) is 49.4 Å². The van der Waals surface area contributed by atoms with Crippen molar-refractivity contribution in [3.63, 3.8) is 0 Å². The van der Waals surface area contributed by atoms with Gasteiger partial charge in [0.1, 0.15) is 0 Å². The van der Waals surface area contributed by atoms with E-state index >= 15 is 0 Å². The van der Waals surface area contributed by atoms with Gasteiger partial charge in [-0.2, -0.15) is 0 Å². The summed E-state index contributed by atoms with van der Waals surface area (Å²) in [6.07, 6.45) is 0.185. The third-order valence-corrected chi connectivity index (χ3v) is 4.42. The predicted molar refractivity (Wildman–Crippen MR) is 102 cm³/mol. The fourth-order valence-electron chi connectivity index (χ4n) is 2.45. The largest absolute Gasteiger partial charge is 0.352 e. The van der Waals surface area contributed by atoms with Gasteiger partial charge in [0.05, 0.1) is 10.7 Å². The van der Waals surface area contributed by atoms with Gasteiger partial charge in [-0.05, 0) is 36.2 Å². The number of rotatable bonds is 6. The van der Waals surface area contributed by atoms with Gasteiger partial charge in [0.25, 0.3) is 0 Å². The van der Waals surface area contributed by atoms with Crippen LogP contribution in [-0.2, 0) is 16.1 Å². The van der Waals surface area contributed by atoms with Crippen LogP contribution < -0.4 is 10.2 Å². The summed E-state index contributed by atoms with van der Waals surface area (Å²) in [5.74, 6) is -0.310. The fourth-order valence-corrected chi connectivity index (χ4v) is 2.96. The molecular formula is C19H20Cl2N2O2. The molecule has 0 unspecified atom stereocenters. The molecule has 0 spiro atoms. The highest BCUT2D eigenvalue weighted by Crippen LogP contribution is 2.29. The Morgan fingerprint density at radius 3 is 2.48 bits per heavy atom. The van der Waals surface area contributed by atoms with Gasteiger partial charge in [-0.15, -0.1) is 0 Å². The Hall–Kier alpha value is -2.04. The number of benzene rings is 2. The molecule has 2 rings (SSSR count). The van der Waals surface area contributed by atoms with E-state index in [2.05, 4.69) is 5.32 Å². The number of amides is 2. The molecule has 0 radical (unpaired) electrons. The van der Waals surface area contributed by atoms with Gasteiger partial charge < -0.3 is 10.2 Å². The third kappa shape index (κ3) is 5.48. The first-order valence-electron chi connectivity index (χ1n) is 7.93. The molecule has 0 aromatic heterocycles. The van der Waals surface area contributed by atoms with Crippen LogP contribution in [0.1, 0.15) is 24.5 Å². The standard InChI is InChI=1S/C19H20Cl2N2O2/c1-13-5-3-4-6-15(13)12-22-19(25)9-10-23(14(2)24)18-8-7-16(20)11-17(18)21/h3-8,11H,9-10,12H2,1-2H3,(H,22,25). The van der Waals surface area contributed by atoms with Crippen molar-refractivity contribution in [3.05, 3.63) is 63.6 Å². The SMILES string of the molecule is CC(=O)N(CCC(=O)NCc1ccccc1C)c1ccc(Cl)cc1Cl. The summed E-state index contributed by atoms with van der Waals surface area (Å²) in [4.78, 5) is 25.5.